The first-order valence-electron chi connectivity index (χ1n) is 6.57. The first-order valence-corrected chi connectivity index (χ1v) is 8.33. The molecule has 0 radical (unpaired) electrons. The van der Waals surface area contributed by atoms with E-state index < -0.39 is 0 Å². The summed E-state index contributed by atoms with van der Waals surface area (Å²) in [5.41, 5.74) is 8.08. The van der Waals surface area contributed by atoms with Gasteiger partial charge in [0.05, 0.1) is 15.9 Å². The molecule has 0 aromatic carbocycles. The van der Waals surface area contributed by atoms with Gasteiger partial charge >= 0.3 is 0 Å². The number of thioether (sulfide) groups is 1. The Morgan fingerprint density at radius 2 is 2.32 bits per heavy atom. The number of carbonyl (C=O) groups excluding carboxylic acids is 1. The molecule has 0 bridgehead atoms. The number of Topliss-reactive ketones (excluding diaryl/α,β-unsaturated/α-hetero) is 1. The van der Waals surface area contributed by atoms with E-state index in [-0.39, 0.29) is 11.0 Å². The molecule has 1 unspecified atom stereocenters. The summed E-state index contributed by atoms with van der Waals surface area (Å²) >= 11 is 3.11. The molecule has 0 aliphatic carbocycles. The van der Waals surface area contributed by atoms with E-state index in [4.69, 9.17) is 5.73 Å². The van der Waals surface area contributed by atoms with E-state index in [1.165, 1.54) is 17.3 Å². The summed E-state index contributed by atoms with van der Waals surface area (Å²) in [6.45, 7) is 5.88. The fraction of sp³-hybridized carbons (Fsp3) is 0.400. The number of unbranched alkanes of at least 4 members (excludes halogenated alkanes) is 1. The summed E-state index contributed by atoms with van der Waals surface area (Å²) in [7, 11) is 0. The Bertz CT molecular complexity index is 516. The van der Waals surface area contributed by atoms with Crippen molar-refractivity contribution >= 4 is 34.5 Å². The number of carbonyl (C=O) groups is 1. The van der Waals surface area contributed by atoms with E-state index in [2.05, 4.69) is 24.9 Å². The molecule has 1 aliphatic heterocycles. The van der Waals surface area contributed by atoms with Gasteiger partial charge < -0.3 is 5.73 Å². The maximum atomic E-state index is 12.4. The molecule has 102 valence electrons. The third-order valence-electron chi connectivity index (χ3n) is 3.21. The SMILES string of the molecule is C=CCC1SC(N)=C(c2sccc2CCCC)C1=O. The van der Waals surface area contributed by atoms with Crippen LogP contribution < -0.4 is 5.73 Å². The van der Waals surface area contributed by atoms with Crippen molar-refractivity contribution in [3.63, 3.8) is 0 Å². The monoisotopic (exact) mass is 293 g/mol. The molecule has 2 heterocycles. The van der Waals surface area contributed by atoms with Crippen molar-refractivity contribution in [3.05, 3.63) is 39.6 Å². The van der Waals surface area contributed by atoms with Gasteiger partial charge in [0.1, 0.15) is 0 Å². The molecule has 2 N–H and O–H groups in total. The van der Waals surface area contributed by atoms with Crippen LogP contribution in [0.4, 0.5) is 0 Å². The lowest BCUT2D eigenvalue weighted by Crippen LogP contribution is -2.12. The predicted octanol–water partition coefficient (Wildman–Crippen LogP) is 3.98. The highest BCUT2D eigenvalue weighted by Crippen LogP contribution is 2.41. The summed E-state index contributed by atoms with van der Waals surface area (Å²) in [6, 6.07) is 2.12. The van der Waals surface area contributed by atoms with Crippen molar-refractivity contribution in [2.45, 2.75) is 37.9 Å². The largest absolute Gasteiger partial charge is 0.393 e. The molecule has 0 amide bonds. The van der Waals surface area contributed by atoms with Crippen molar-refractivity contribution < 1.29 is 4.79 Å². The van der Waals surface area contributed by atoms with Gasteiger partial charge in [-0.15, -0.1) is 17.9 Å². The Hall–Kier alpha value is -1.00. The fourth-order valence-corrected chi connectivity index (χ4v) is 4.36. The zero-order valence-electron chi connectivity index (χ0n) is 11.1. The smallest absolute Gasteiger partial charge is 0.180 e. The van der Waals surface area contributed by atoms with E-state index in [9.17, 15) is 4.79 Å². The zero-order valence-corrected chi connectivity index (χ0v) is 12.8. The topological polar surface area (TPSA) is 43.1 Å². The van der Waals surface area contributed by atoms with Crippen molar-refractivity contribution in [2.75, 3.05) is 0 Å². The summed E-state index contributed by atoms with van der Waals surface area (Å²) in [6.07, 6.45) is 5.80. The first kappa shape index (κ1) is 14.4. The van der Waals surface area contributed by atoms with Crippen molar-refractivity contribution in [3.8, 4) is 0 Å². The molecule has 1 atom stereocenters. The highest BCUT2D eigenvalue weighted by atomic mass is 32.2. The van der Waals surface area contributed by atoms with Gasteiger partial charge in [0.2, 0.25) is 0 Å². The van der Waals surface area contributed by atoms with Crippen LogP contribution in [0.3, 0.4) is 0 Å². The quantitative estimate of drug-likeness (QED) is 0.807. The molecular formula is C15H19NOS2. The number of thiophene rings is 1. The molecule has 1 aromatic heterocycles. The van der Waals surface area contributed by atoms with Gasteiger partial charge in [-0.25, -0.2) is 0 Å². The molecular weight excluding hydrogens is 274 g/mol. The molecule has 2 nitrogen and oxygen atoms in total. The molecule has 2 rings (SSSR count). The second-order valence-electron chi connectivity index (χ2n) is 4.61. The maximum Gasteiger partial charge on any atom is 0.180 e. The van der Waals surface area contributed by atoms with Crippen LogP contribution in [-0.4, -0.2) is 11.0 Å². The molecule has 0 saturated heterocycles. The average molecular weight is 293 g/mol. The lowest BCUT2D eigenvalue weighted by molar-refractivity contribution is -0.113. The molecule has 0 spiro atoms. The Balaban J connectivity index is 2.26. The zero-order chi connectivity index (χ0) is 13.8. The van der Waals surface area contributed by atoms with Crippen LogP contribution in [0, 0.1) is 0 Å². The van der Waals surface area contributed by atoms with Gasteiger partial charge in [-0.05, 0) is 36.3 Å². The Kier molecular flexibility index (Phi) is 4.88. The molecule has 0 fully saturated rings. The third kappa shape index (κ3) is 2.95. The first-order chi connectivity index (χ1) is 9.19. The Morgan fingerprint density at radius 3 is 3.00 bits per heavy atom. The number of hydrogen-bond donors (Lipinski definition) is 1. The second kappa shape index (κ2) is 6.44. The fourth-order valence-electron chi connectivity index (χ4n) is 2.20. The van der Waals surface area contributed by atoms with Crippen LogP contribution >= 0.6 is 23.1 Å². The van der Waals surface area contributed by atoms with Crippen molar-refractivity contribution in [2.24, 2.45) is 5.73 Å². The van der Waals surface area contributed by atoms with Gasteiger partial charge in [-0.1, -0.05) is 31.2 Å². The van der Waals surface area contributed by atoms with Gasteiger partial charge in [0, 0.05) is 4.88 Å². The lowest BCUT2D eigenvalue weighted by Gasteiger charge is -2.06. The van der Waals surface area contributed by atoms with Gasteiger partial charge in [0.25, 0.3) is 0 Å². The summed E-state index contributed by atoms with van der Waals surface area (Å²) in [5.74, 6) is 0.169. The van der Waals surface area contributed by atoms with Gasteiger partial charge in [0.15, 0.2) is 5.78 Å². The molecule has 4 heteroatoms. The number of nitrogens with two attached hydrogens (primary N) is 1. The summed E-state index contributed by atoms with van der Waals surface area (Å²) < 4.78 is 0. The summed E-state index contributed by atoms with van der Waals surface area (Å²) in [4.78, 5) is 13.5. The third-order valence-corrected chi connectivity index (χ3v) is 5.33. The van der Waals surface area contributed by atoms with Crippen LogP contribution in [0.1, 0.15) is 36.6 Å². The molecule has 1 aliphatic rings. The number of rotatable bonds is 6. The van der Waals surface area contributed by atoms with Crippen molar-refractivity contribution in [1.82, 2.24) is 0 Å². The van der Waals surface area contributed by atoms with E-state index in [0.717, 1.165) is 29.7 Å². The van der Waals surface area contributed by atoms with E-state index in [1.807, 2.05) is 0 Å². The standard InChI is InChI=1S/C15H19NOS2/c1-3-5-7-10-8-9-18-14(10)12-13(17)11(6-4-2)19-15(12)16/h4,8-9,11H,2-3,5-7,16H2,1H3. The van der Waals surface area contributed by atoms with Crippen LogP contribution in [0.15, 0.2) is 29.1 Å². The van der Waals surface area contributed by atoms with Crippen LogP contribution in [0.5, 0.6) is 0 Å². The highest BCUT2D eigenvalue weighted by molar-refractivity contribution is 8.05. The predicted molar refractivity (Wildman–Crippen MR) is 85.2 cm³/mol. The van der Waals surface area contributed by atoms with E-state index in [1.54, 1.807) is 17.4 Å². The number of ketones is 1. The highest BCUT2D eigenvalue weighted by Gasteiger charge is 2.34. The van der Waals surface area contributed by atoms with Gasteiger partial charge in [-0.2, -0.15) is 0 Å². The second-order valence-corrected chi connectivity index (χ2v) is 6.77. The number of aryl methyl sites for hydroxylation is 1. The minimum absolute atomic E-state index is 0.0753. The van der Waals surface area contributed by atoms with Crippen molar-refractivity contribution in [1.29, 1.82) is 0 Å². The minimum Gasteiger partial charge on any atom is -0.393 e. The Labute approximate surface area is 122 Å². The normalized spacial score (nSPS) is 19.2. The van der Waals surface area contributed by atoms with Crippen LogP contribution in [0.2, 0.25) is 0 Å². The number of allylic oxidation sites excluding steroid dienone is 2. The maximum absolute atomic E-state index is 12.4. The van der Waals surface area contributed by atoms with Crippen LogP contribution in [-0.2, 0) is 11.2 Å². The Morgan fingerprint density at radius 1 is 1.53 bits per heavy atom. The number of hydrogen-bond acceptors (Lipinski definition) is 4. The van der Waals surface area contributed by atoms with E-state index in [0.29, 0.717) is 11.4 Å². The molecule has 19 heavy (non-hydrogen) atoms. The van der Waals surface area contributed by atoms with E-state index >= 15 is 0 Å². The lowest BCUT2D eigenvalue weighted by atomic mass is 10.0. The molecule has 1 aromatic rings. The minimum atomic E-state index is -0.0753. The molecule has 0 saturated carbocycles. The summed E-state index contributed by atoms with van der Waals surface area (Å²) in [5, 5.41) is 2.66. The van der Waals surface area contributed by atoms with Crippen LogP contribution in [0.25, 0.3) is 5.57 Å². The van der Waals surface area contributed by atoms with Gasteiger partial charge in [-0.3, -0.25) is 4.79 Å². The average Bonchev–Trinajstić information content (AvgIpc) is 2.93.